The lowest BCUT2D eigenvalue weighted by Gasteiger charge is -2.25. The number of methoxy groups -OCH3 is 1. The molecule has 1 aliphatic rings. The number of nitrogen functional groups attached to an aromatic ring is 1. The van der Waals surface area contributed by atoms with Crippen LogP contribution < -0.4 is 15.4 Å². The van der Waals surface area contributed by atoms with Crippen molar-refractivity contribution in [3.8, 4) is 11.3 Å². The second-order valence-corrected chi connectivity index (χ2v) is 12.9. The molecule has 1 aliphatic carbocycles. The minimum Gasteiger partial charge on any atom is -0.455 e. The van der Waals surface area contributed by atoms with Crippen LogP contribution in [0.1, 0.15) is 45.8 Å². The predicted octanol–water partition coefficient (Wildman–Crippen LogP) is 5.20. The highest BCUT2D eigenvalue weighted by molar-refractivity contribution is 7.92. The Morgan fingerprint density at radius 1 is 1.04 bits per heavy atom. The number of anilines is 2. The van der Waals surface area contributed by atoms with Crippen LogP contribution >= 0.6 is 0 Å². The fraction of sp³-hybridized carbons (Fsp3) is 0.364. The van der Waals surface area contributed by atoms with E-state index < -0.39 is 15.8 Å². The van der Waals surface area contributed by atoms with E-state index in [9.17, 15) is 17.6 Å². The van der Waals surface area contributed by atoms with Gasteiger partial charge in [0.15, 0.2) is 0 Å². The monoisotopic (exact) mass is 639 g/mol. The van der Waals surface area contributed by atoms with E-state index in [1.807, 2.05) is 24.3 Å². The number of carbonyl (C=O) groups excluding carboxylic acids is 1. The van der Waals surface area contributed by atoms with E-state index in [2.05, 4.69) is 5.32 Å². The largest absolute Gasteiger partial charge is 0.455 e. The van der Waals surface area contributed by atoms with Gasteiger partial charge in [-0.3, -0.25) is 9.10 Å². The normalized spacial score (nSPS) is 13.3. The Hall–Kier alpha value is -3.97. The lowest BCUT2D eigenvalue weighted by atomic mass is 10.0. The van der Waals surface area contributed by atoms with Crippen molar-refractivity contribution < 1.29 is 36.2 Å². The molecule has 1 saturated carbocycles. The van der Waals surface area contributed by atoms with E-state index >= 15 is 0 Å². The molecular formula is C33H38FN3O7S. The first-order valence-corrected chi connectivity index (χ1v) is 16.5. The molecule has 45 heavy (non-hydrogen) atoms. The van der Waals surface area contributed by atoms with Crippen LogP contribution in [0.15, 0.2) is 59.0 Å². The molecule has 1 amide bonds. The molecule has 0 spiro atoms. The van der Waals surface area contributed by atoms with Crippen LogP contribution in [0.5, 0.6) is 0 Å². The third-order valence-electron chi connectivity index (χ3n) is 7.67. The van der Waals surface area contributed by atoms with E-state index in [1.165, 1.54) is 23.5 Å². The summed E-state index contributed by atoms with van der Waals surface area (Å²) in [5.41, 5.74) is 11.1. The molecule has 1 aromatic heterocycles. The van der Waals surface area contributed by atoms with E-state index in [1.54, 1.807) is 25.3 Å². The smallest absolute Gasteiger partial charge is 0.255 e. The van der Waals surface area contributed by atoms with E-state index in [0.717, 1.165) is 35.8 Å². The van der Waals surface area contributed by atoms with Gasteiger partial charge >= 0.3 is 0 Å². The number of nitrogens with zero attached hydrogens (tertiary/aromatic N) is 1. The third kappa shape index (κ3) is 7.64. The maximum atomic E-state index is 13.6. The maximum Gasteiger partial charge on any atom is 0.255 e. The number of amides is 1. The first-order chi connectivity index (χ1) is 21.6. The van der Waals surface area contributed by atoms with Gasteiger partial charge in [-0.1, -0.05) is 12.1 Å². The number of hydrogen-bond donors (Lipinski definition) is 2. The van der Waals surface area contributed by atoms with Gasteiger partial charge in [0.25, 0.3) is 5.91 Å². The Bertz CT molecular complexity index is 1770. The number of benzene rings is 3. The standard InChI is InChI=1S/C33H38FN3O7S/c1-36-33(38)31-27-17-26(22-6-7-22)29(18-30(27)44-32(31)23-8-10-25(34)11-9-23)37(45(3,39)40)12-13-42-14-15-43-19-21-4-5-24(20-41-2)28(35)16-21/h4-5,8-11,16-18,22H,6-7,12-15,19-20,35H2,1-3H3,(H,36,38). The van der Waals surface area contributed by atoms with Gasteiger partial charge in [0, 0.05) is 42.4 Å². The van der Waals surface area contributed by atoms with Gasteiger partial charge in [-0.15, -0.1) is 0 Å². The summed E-state index contributed by atoms with van der Waals surface area (Å²) < 4.78 is 63.9. The van der Waals surface area contributed by atoms with Crippen LogP contribution in [-0.4, -0.2) is 61.1 Å². The molecule has 0 atom stereocenters. The number of rotatable bonds is 15. The van der Waals surface area contributed by atoms with Crippen molar-refractivity contribution in [2.45, 2.75) is 32.0 Å². The van der Waals surface area contributed by atoms with Gasteiger partial charge in [0.1, 0.15) is 17.2 Å². The molecule has 5 rings (SSSR count). The number of ether oxygens (including phenoxy) is 3. The number of carbonyl (C=O) groups is 1. The first-order valence-electron chi connectivity index (χ1n) is 14.7. The Balaban J connectivity index is 1.31. The summed E-state index contributed by atoms with van der Waals surface area (Å²) in [7, 11) is -0.559. The highest BCUT2D eigenvalue weighted by atomic mass is 32.2. The fourth-order valence-corrected chi connectivity index (χ4v) is 6.21. The minimum absolute atomic E-state index is 0.0788. The highest BCUT2D eigenvalue weighted by Gasteiger charge is 2.33. The van der Waals surface area contributed by atoms with Gasteiger partial charge in [0.05, 0.1) is 57.1 Å². The molecule has 4 aromatic rings. The van der Waals surface area contributed by atoms with Crippen molar-refractivity contribution in [2.75, 3.05) is 56.8 Å². The van der Waals surface area contributed by atoms with Crippen LogP contribution in [0.3, 0.4) is 0 Å². The van der Waals surface area contributed by atoms with Gasteiger partial charge < -0.3 is 29.7 Å². The summed E-state index contributed by atoms with van der Waals surface area (Å²) in [5, 5.41) is 3.22. The van der Waals surface area contributed by atoms with Crippen molar-refractivity contribution in [3.63, 3.8) is 0 Å². The molecule has 0 saturated heterocycles. The maximum absolute atomic E-state index is 13.6. The van der Waals surface area contributed by atoms with Gasteiger partial charge in [0.2, 0.25) is 10.0 Å². The Kier molecular flexibility index (Phi) is 10.1. The predicted molar refractivity (Wildman–Crippen MR) is 171 cm³/mol. The quantitative estimate of drug-likeness (QED) is 0.134. The van der Waals surface area contributed by atoms with Crippen LogP contribution in [0, 0.1) is 5.82 Å². The molecule has 0 radical (unpaired) electrons. The van der Waals surface area contributed by atoms with Crippen molar-refractivity contribution in [1.82, 2.24) is 5.32 Å². The molecule has 10 nitrogen and oxygen atoms in total. The van der Waals surface area contributed by atoms with Crippen LogP contribution in [0.2, 0.25) is 0 Å². The lowest BCUT2D eigenvalue weighted by molar-refractivity contribution is 0.0435. The molecule has 12 heteroatoms. The van der Waals surface area contributed by atoms with E-state index in [-0.39, 0.29) is 37.3 Å². The molecule has 3 aromatic carbocycles. The Morgan fingerprint density at radius 3 is 2.42 bits per heavy atom. The third-order valence-corrected chi connectivity index (χ3v) is 8.85. The number of halogens is 1. The van der Waals surface area contributed by atoms with E-state index in [4.69, 9.17) is 24.4 Å². The van der Waals surface area contributed by atoms with Gasteiger partial charge in [-0.05, 0) is 66.3 Å². The molecule has 0 unspecified atom stereocenters. The number of furan rings is 1. The average Bonchev–Trinajstić information content (AvgIpc) is 3.79. The zero-order valence-electron chi connectivity index (χ0n) is 25.6. The summed E-state index contributed by atoms with van der Waals surface area (Å²) >= 11 is 0. The number of hydrogen-bond acceptors (Lipinski definition) is 8. The lowest BCUT2D eigenvalue weighted by Crippen LogP contribution is -2.34. The molecular weight excluding hydrogens is 601 g/mol. The fourth-order valence-electron chi connectivity index (χ4n) is 5.28. The summed E-state index contributed by atoms with van der Waals surface area (Å²) in [6, 6.07) is 14.9. The Morgan fingerprint density at radius 2 is 1.78 bits per heavy atom. The summed E-state index contributed by atoms with van der Waals surface area (Å²) in [4.78, 5) is 13.0. The van der Waals surface area contributed by atoms with E-state index in [0.29, 0.717) is 53.3 Å². The Labute approximate surface area is 262 Å². The van der Waals surface area contributed by atoms with Crippen molar-refractivity contribution in [2.24, 2.45) is 0 Å². The summed E-state index contributed by atoms with van der Waals surface area (Å²) in [6.45, 7) is 1.62. The average molecular weight is 640 g/mol. The SMILES string of the molecule is CNC(=O)c1c(-c2ccc(F)cc2)oc2cc(N(CCOCCOCc3ccc(COC)c(N)c3)S(C)(=O)=O)c(C3CC3)cc12. The first kappa shape index (κ1) is 32.4. The highest BCUT2D eigenvalue weighted by Crippen LogP contribution is 2.48. The van der Waals surface area contributed by atoms with Crippen molar-refractivity contribution in [3.05, 3.63) is 82.7 Å². The summed E-state index contributed by atoms with van der Waals surface area (Å²) in [6.07, 6.45) is 2.97. The van der Waals surface area contributed by atoms with Gasteiger partial charge in [-0.2, -0.15) is 0 Å². The molecule has 0 aliphatic heterocycles. The van der Waals surface area contributed by atoms with Crippen molar-refractivity contribution >= 4 is 38.3 Å². The van der Waals surface area contributed by atoms with Gasteiger partial charge in [-0.25, -0.2) is 12.8 Å². The molecule has 0 bridgehead atoms. The molecule has 240 valence electrons. The molecule has 1 fully saturated rings. The van der Waals surface area contributed by atoms with Crippen LogP contribution in [0.4, 0.5) is 15.8 Å². The molecule has 3 N–H and O–H groups in total. The molecule has 1 heterocycles. The zero-order valence-corrected chi connectivity index (χ0v) is 26.4. The zero-order chi connectivity index (χ0) is 32.1. The second-order valence-electron chi connectivity index (χ2n) is 11.0. The number of nitrogens with one attached hydrogen (secondary N) is 1. The van der Waals surface area contributed by atoms with Crippen LogP contribution in [0.25, 0.3) is 22.3 Å². The van der Waals surface area contributed by atoms with Crippen molar-refractivity contribution in [1.29, 1.82) is 0 Å². The summed E-state index contributed by atoms with van der Waals surface area (Å²) in [5.74, 6) is -0.330. The number of fused-ring (bicyclic) bond motifs is 1. The second kappa shape index (κ2) is 14.0. The number of nitrogens with two attached hydrogens (primary N) is 1. The topological polar surface area (TPSA) is 133 Å². The number of sulfonamides is 1. The van der Waals surface area contributed by atoms with Crippen LogP contribution in [-0.2, 0) is 37.4 Å². The minimum atomic E-state index is -3.70.